The molecule has 7 heteroatoms. The highest BCUT2D eigenvalue weighted by atomic mass is 35.5. The largest absolute Gasteiger partial charge is 0.351 e. The summed E-state index contributed by atoms with van der Waals surface area (Å²) in [4.78, 5) is 16.1. The van der Waals surface area contributed by atoms with Gasteiger partial charge < -0.3 is 15.1 Å². The van der Waals surface area contributed by atoms with E-state index >= 15 is 0 Å². The van der Waals surface area contributed by atoms with E-state index in [0.717, 1.165) is 24.6 Å². The van der Waals surface area contributed by atoms with Gasteiger partial charge in [-0.3, -0.25) is 0 Å². The number of aromatic nitrogens is 2. The van der Waals surface area contributed by atoms with Gasteiger partial charge in [0, 0.05) is 30.8 Å². The number of nitrogens with one attached hydrogen (secondary N) is 1. The summed E-state index contributed by atoms with van der Waals surface area (Å²) in [5, 5.41) is 11.7. The molecular formula is C16H18ClN5O. The minimum absolute atomic E-state index is 0.146. The summed E-state index contributed by atoms with van der Waals surface area (Å²) < 4.78 is 0. The van der Waals surface area contributed by atoms with Crippen LogP contribution in [0.1, 0.15) is 5.69 Å². The molecular weight excluding hydrogens is 314 g/mol. The van der Waals surface area contributed by atoms with Crippen LogP contribution in [0.2, 0.25) is 5.02 Å². The van der Waals surface area contributed by atoms with E-state index in [9.17, 15) is 4.79 Å². The molecule has 1 aromatic heterocycles. The highest BCUT2D eigenvalue weighted by molar-refractivity contribution is 6.30. The van der Waals surface area contributed by atoms with Gasteiger partial charge in [0.25, 0.3) is 0 Å². The molecule has 1 aliphatic heterocycles. The van der Waals surface area contributed by atoms with E-state index in [1.807, 2.05) is 25.1 Å². The number of amides is 2. The molecule has 0 unspecified atom stereocenters. The Morgan fingerprint density at radius 3 is 2.74 bits per heavy atom. The SMILES string of the molecule is Cc1ccc(N2CC(N(C)C(=O)Nc3cccc(Cl)c3)C2)nn1. The molecule has 1 fully saturated rings. The first-order valence-corrected chi connectivity index (χ1v) is 7.75. The molecule has 120 valence electrons. The van der Waals surface area contributed by atoms with Crippen molar-refractivity contribution in [2.75, 3.05) is 30.4 Å². The standard InChI is InChI=1S/C16H18ClN5O/c1-11-6-7-15(20-19-11)22-9-14(10-22)21(2)16(23)18-13-5-3-4-12(17)8-13/h3-8,14H,9-10H2,1-2H3,(H,18,23). The lowest BCUT2D eigenvalue weighted by Gasteiger charge is -2.44. The van der Waals surface area contributed by atoms with Crippen molar-refractivity contribution in [3.05, 3.63) is 47.1 Å². The molecule has 3 rings (SSSR count). The van der Waals surface area contributed by atoms with Crippen LogP contribution in [0.3, 0.4) is 0 Å². The Morgan fingerprint density at radius 1 is 1.30 bits per heavy atom. The molecule has 0 atom stereocenters. The van der Waals surface area contributed by atoms with Gasteiger partial charge in [0.05, 0.1) is 11.7 Å². The van der Waals surface area contributed by atoms with Crippen LogP contribution < -0.4 is 10.2 Å². The van der Waals surface area contributed by atoms with Crippen LogP contribution in [0.25, 0.3) is 0 Å². The van der Waals surface area contributed by atoms with Crippen molar-refractivity contribution in [3.8, 4) is 0 Å². The van der Waals surface area contributed by atoms with Crippen molar-refractivity contribution in [1.82, 2.24) is 15.1 Å². The Kier molecular flexibility index (Phi) is 4.34. The minimum atomic E-state index is -0.146. The fourth-order valence-electron chi connectivity index (χ4n) is 2.39. The van der Waals surface area contributed by atoms with Crippen LogP contribution in [0.15, 0.2) is 36.4 Å². The van der Waals surface area contributed by atoms with Gasteiger partial charge >= 0.3 is 6.03 Å². The zero-order valence-corrected chi connectivity index (χ0v) is 13.8. The Labute approximate surface area is 140 Å². The summed E-state index contributed by atoms with van der Waals surface area (Å²) in [6, 6.07) is 11.0. The fraction of sp³-hybridized carbons (Fsp3) is 0.312. The number of hydrogen-bond donors (Lipinski definition) is 1. The van der Waals surface area contributed by atoms with Crippen molar-refractivity contribution < 1.29 is 4.79 Å². The first-order valence-electron chi connectivity index (χ1n) is 7.37. The smallest absolute Gasteiger partial charge is 0.321 e. The van der Waals surface area contributed by atoms with Crippen molar-refractivity contribution >= 4 is 29.1 Å². The van der Waals surface area contributed by atoms with Crippen LogP contribution in [0.4, 0.5) is 16.3 Å². The third-order valence-electron chi connectivity index (χ3n) is 3.91. The summed E-state index contributed by atoms with van der Waals surface area (Å²) in [5.41, 5.74) is 1.58. The number of nitrogens with zero attached hydrogens (tertiary/aromatic N) is 4. The molecule has 1 N–H and O–H groups in total. The highest BCUT2D eigenvalue weighted by Crippen LogP contribution is 2.21. The molecule has 1 aliphatic rings. The fourth-order valence-corrected chi connectivity index (χ4v) is 2.58. The lowest BCUT2D eigenvalue weighted by Crippen LogP contribution is -2.60. The first-order chi connectivity index (χ1) is 11.0. The summed E-state index contributed by atoms with van der Waals surface area (Å²) in [6.45, 7) is 3.40. The van der Waals surface area contributed by atoms with E-state index in [4.69, 9.17) is 11.6 Å². The van der Waals surface area contributed by atoms with Gasteiger partial charge in [0.1, 0.15) is 0 Å². The van der Waals surface area contributed by atoms with E-state index in [1.54, 1.807) is 30.1 Å². The third kappa shape index (κ3) is 3.53. The molecule has 0 spiro atoms. The van der Waals surface area contributed by atoms with Crippen LogP contribution in [0.5, 0.6) is 0 Å². The minimum Gasteiger partial charge on any atom is -0.351 e. The van der Waals surface area contributed by atoms with E-state index < -0.39 is 0 Å². The summed E-state index contributed by atoms with van der Waals surface area (Å²) in [5.74, 6) is 0.843. The zero-order chi connectivity index (χ0) is 16.4. The maximum atomic E-state index is 12.3. The molecule has 0 radical (unpaired) electrons. The lowest BCUT2D eigenvalue weighted by molar-refractivity contribution is 0.191. The predicted molar refractivity (Wildman–Crippen MR) is 91.0 cm³/mol. The van der Waals surface area contributed by atoms with Crippen molar-refractivity contribution in [2.24, 2.45) is 0 Å². The number of likely N-dealkylation sites (N-methyl/N-ethyl adjacent to an activating group) is 1. The second-order valence-electron chi connectivity index (χ2n) is 5.64. The van der Waals surface area contributed by atoms with Crippen molar-refractivity contribution in [2.45, 2.75) is 13.0 Å². The number of rotatable bonds is 3. The Bertz CT molecular complexity index is 700. The van der Waals surface area contributed by atoms with Crippen LogP contribution in [-0.2, 0) is 0 Å². The second kappa shape index (κ2) is 6.42. The topological polar surface area (TPSA) is 61.4 Å². The number of benzene rings is 1. The summed E-state index contributed by atoms with van der Waals surface area (Å²) >= 11 is 5.92. The third-order valence-corrected chi connectivity index (χ3v) is 4.15. The molecule has 2 heterocycles. The summed E-state index contributed by atoms with van der Waals surface area (Å²) in [6.07, 6.45) is 0. The highest BCUT2D eigenvalue weighted by Gasteiger charge is 2.33. The molecule has 0 bridgehead atoms. The maximum absolute atomic E-state index is 12.3. The zero-order valence-electron chi connectivity index (χ0n) is 13.0. The molecule has 1 aromatic carbocycles. The quantitative estimate of drug-likeness (QED) is 0.939. The number of halogens is 1. The second-order valence-corrected chi connectivity index (χ2v) is 6.08. The number of carbonyl (C=O) groups excluding carboxylic acids is 1. The molecule has 2 amide bonds. The van der Waals surface area contributed by atoms with Gasteiger partial charge in [-0.25, -0.2) is 4.79 Å². The van der Waals surface area contributed by atoms with E-state index in [2.05, 4.69) is 20.4 Å². The number of anilines is 2. The van der Waals surface area contributed by atoms with Crippen LogP contribution in [-0.4, -0.2) is 47.3 Å². The van der Waals surface area contributed by atoms with Gasteiger partial charge in [0.2, 0.25) is 0 Å². The first kappa shape index (κ1) is 15.6. The van der Waals surface area contributed by atoms with Crippen LogP contribution >= 0.6 is 11.6 Å². The van der Waals surface area contributed by atoms with Crippen molar-refractivity contribution in [1.29, 1.82) is 0 Å². The van der Waals surface area contributed by atoms with Gasteiger partial charge in [-0.1, -0.05) is 17.7 Å². The number of aryl methyl sites for hydroxylation is 1. The molecule has 1 saturated heterocycles. The maximum Gasteiger partial charge on any atom is 0.321 e. The average molecular weight is 332 g/mol. The van der Waals surface area contributed by atoms with Crippen LogP contribution in [0, 0.1) is 6.92 Å². The van der Waals surface area contributed by atoms with E-state index in [-0.39, 0.29) is 12.1 Å². The van der Waals surface area contributed by atoms with E-state index in [0.29, 0.717) is 10.7 Å². The molecule has 23 heavy (non-hydrogen) atoms. The van der Waals surface area contributed by atoms with Gasteiger partial charge in [-0.15, -0.1) is 5.10 Å². The van der Waals surface area contributed by atoms with E-state index in [1.165, 1.54) is 0 Å². The van der Waals surface area contributed by atoms with Crippen molar-refractivity contribution in [3.63, 3.8) is 0 Å². The molecule has 2 aromatic rings. The summed E-state index contributed by atoms with van der Waals surface area (Å²) in [7, 11) is 1.79. The normalized spacial score (nSPS) is 14.3. The Morgan fingerprint density at radius 2 is 2.09 bits per heavy atom. The Balaban J connectivity index is 1.54. The predicted octanol–water partition coefficient (Wildman–Crippen LogP) is 2.79. The molecule has 6 nitrogen and oxygen atoms in total. The molecule has 0 aliphatic carbocycles. The van der Waals surface area contributed by atoms with Gasteiger partial charge in [-0.2, -0.15) is 5.10 Å². The lowest BCUT2D eigenvalue weighted by atomic mass is 10.1. The number of carbonyl (C=O) groups is 1. The number of urea groups is 1. The molecule has 0 saturated carbocycles. The number of hydrogen-bond acceptors (Lipinski definition) is 4. The van der Waals surface area contributed by atoms with Gasteiger partial charge in [-0.05, 0) is 37.3 Å². The average Bonchev–Trinajstić information content (AvgIpc) is 2.47. The Hall–Kier alpha value is -2.34. The monoisotopic (exact) mass is 331 g/mol. The van der Waals surface area contributed by atoms with Gasteiger partial charge in [0.15, 0.2) is 5.82 Å².